The van der Waals surface area contributed by atoms with Crippen LogP contribution in [0.1, 0.15) is 0 Å². The van der Waals surface area contributed by atoms with Crippen LogP contribution in [-0.2, 0) is 32.4 Å². The Labute approximate surface area is 69.6 Å². The molecular weight excluding hydrogens is 214 g/mol. The Kier molecular flexibility index (Phi) is 4.12. The van der Waals surface area contributed by atoms with Gasteiger partial charge in [0.05, 0.1) is 0 Å². The normalized spacial score (nSPS) is 23.2. The van der Waals surface area contributed by atoms with Gasteiger partial charge in [-0.05, 0) is 23.6 Å². The van der Waals surface area contributed by atoms with Crippen LogP contribution < -0.4 is 0 Å². The van der Waals surface area contributed by atoms with E-state index in [4.69, 9.17) is 9.79 Å². The van der Waals surface area contributed by atoms with E-state index in [0.717, 1.165) is 0 Å². The standard InChI is InChI=1S/C2H8O4P2S2/c1-5-8(4,10)6-7(2,3)9/h1-2H3,(H,3,9)(H,4,10). The highest BCUT2D eigenvalue weighted by atomic mass is 32.5. The molecule has 10 heavy (non-hydrogen) atoms. The summed E-state index contributed by atoms with van der Waals surface area (Å²) in [7, 11) is 1.20. The van der Waals surface area contributed by atoms with E-state index in [-0.39, 0.29) is 0 Å². The minimum atomic E-state index is -3.27. The molecule has 0 saturated heterocycles. The van der Waals surface area contributed by atoms with Crippen molar-refractivity contribution in [3.05, 3.63) is 0 Å². The van der Waals surface area contributed by atoms with Crippen molar-refractivity contribution in [1.82, 2.24) is 0 Å². The van der Waals surface area contributed by atoms with E-state index in [1.54, 1.807) is 0 Å². The lowest BCUT2D eigenvalue weighted by molar-refractivity contribution is 0.311. The lowest BCUT2D eigenvalue weighted by Crippen LogP contribution is -1.87. The van der Waals surface area contributed by atoms with E-state index in [2.05, 4.69) is 32.4 Å². The van der Waals surface area contributed by atoms with Crippen molar-refractivity contribution in [2.45, 2.75) is 0 Å². The van der Waals surface area contributed by atoms with Crippen molar-refractivity contribution in [2.75, 3.05) is 13.8 Å². The van der Waals surface area contributed by atoms with Crippen LogP contribution in [0.5, 0.6) is 0 Å². The zero-order valence-electron chi connectivity index (χ0n) is 5.42. The third kappa shape index (κ3) is 5.89. The molecule has 4 nitrogen and oxygen atoms in total. The molecule has 0 saturated carbocycles. The Morgan fingerprint density at radius 3 is 1.80 bits per heavy atom. The molecule has 2 atom stereocenters. The monoisotopic (exact) mass is 222 g/mol. The molecule has 0 bridgehead atoms. The van der Waals surface area contributed by atoms with Gasteiger partial charge in [0.1, 0.15) is 0 Å². The SMILES string of the molecule is COP(O)(=S)OP(C)(O)=S. The van der Waals surface area contributed by atoms with Crippen LogP contribution in [0.15, 0.2) is 0 Å². The van der Waals surface area contributed by atoms with Crippen LogP contribution in [0.25, 0.3) is 0 Å². The molecule has 0 aliphatic rings. The second kappa shape index (κ2) is 3.70. The molecule has 0 aromatic carbocycles. The molecule has 0 spiro atoms. The van der Waals surface area contributed by atoms with Crippen molar-refractivity contribution >= 4 is 36.8 Å². The van der Waals surface area contributed by atoms with Gasteiger partial charge in [-0.1, -0.05) is 0 Å². The average Bonchev–Trinajstić information content (AvgIpc) is 1.60. The minimum absolute atomic E-state index is 1.20. The second-order valence-corrected chi connectivity index (χ2v) is 8.51. The topological polar surface area (TPSA) is 58.9 Å². The molecule has 0 heterocycles. The first kappa shape index (κ1) is 11.1. The molecule has 0 aliphatic heterocycles. The fourth-order valence-electron chi connectivity index (χ4n) is 0.225. The van der Waals surface area contributed by atoms with Crippen molar-refractivity contribution in [3.63, 3.8) is 0 Å². The van der Waals surface area contributed by atoms with Gasteiger partial charge in [0.15, 0.2) is 6.49 Å². The van der Waals surface area contributed by atoms with Gasteiger partial charge in [0, 0.05) is 13.8 Å². The van der Waals surface area contributed by atoms with Gasteiger partial charge in [-0.25, -0.2) is 0 Å². The van der Waals surface area contributed by atoms with Gasteiger partial charge in [-0.15, -0.1) is 0 Å². The molecule has 0 aliphatic carbocycles. The molecule has 0 aromatic heterocycles. The van der Waals surface area contributed by atoms with Gasteiger partial charge in [-0.2, -0.15) is 0 Å². The van der Waals surface area contributed by atoms with Crippen molar-refractivity contribution in [1.29, 1.82) is 0 Å². The summed E-state index contributed by atoms with van der Waals surface area (Å²) >= 11 is 8.88. The zero-order chi connectivity index (χ0) is 8.41. The predicted molar refractivity (Wildman–Crippen MR) is 47.0 cm³/mol. The van der Waals surface area contributed by atoms with E-state index in [0.29, 0.717) is 0 Å². The Morgan fingerprint density at radius 1 is 1.30 bits per heavy atom. The molecule has 0 fully saturated rings. The van der Waals surface area contributed by atoms with Crippen molar-refractivity contribution in [2.24, 2.45) is 0 Å². The maximum absolute atomic E-state index is 8.94. The average molecular weight is 222 g/mol. The maximum Gasteiger partial charge on any atom is 0.329 e. The van der Waals surface area contributed by atoms with Crippen LogP contribution >= 0.6 is 13.2 Å². The summed E-state index contributed by atoms with van der Waals surface area (Å²) in [6.07, 6.45) is 0. The molecule has 0 amide bonds. The second-order valence-electron chi connectivity index (χ2n) is 1.54. The maximum atomic E-state index is 8.94. The highest BCUT2D eigenvalue weighted by molar-refractivity contribution is 8.15. The van der Waals surface area contributed by atoms with E-state index in [1.807, 2.05) is 0 Å². The van der Waals surface area contributed by atoms with Crippen LogP contribution in [0, 0.1) is 0 Å². The predicted octanol–water partition coefficient (Wildman–Crippen LogP) is 0.798. The largest absolute Gasteiger partial charge is 0.345 e. The van der Waals surface area contributed by atoms with Crippen LogP contribution in [-0.4, -0.2) is 23.6 Å². The van der Waals surface area contributed by atoms with Crippen molar-refractivity contribution < 1.29 is 18.6 Å². The summed E-state index contributed by atoms with van der Waals surface area (Å²) in [5.74, 6) is 0. The van der Waals surface area contributed by atoms with Crippen LogP contribution in [0.4, 0.5) is 0 Å². The highest BCUT2D eigenvalue weighted by Gasteiger charge is 2.19. The summed E-state index contributed by atoms with van der Waals surface area (Å²) in [6, 6.07) is 0. The van der Waals surface area contributed by atoms with E-state index in [9.17, 15) is 0 Å². The van der Waals surface area contributed by atoms with Crippen LogP contribution in [0.3, 0.4) is 0 Å². The fourth-order valence-corrected chi connectivity index (χ4v) is 4.38. The van der Waals surface area contributed by atoms with Gasteiger partial charge >= 0.3 is 6.72 Å². The number of rotatable bonds is 3. The zero-order valence-corrected chi connectivity index (χ0v) is 8.84. The summed E-state index contributed by atoms with van der Waals surface area (Å²) < 4.78 is 8.89. The first-order valence-corrected chi connectivity index (χ1v) is 7.88. The van der Waals surface area contributed by atoms with E-state index in [1.165, 1.54) is 13.8 Å². The lowest BCUT2D eigenvalue weighted by atomic mass is 11.8. The Hall–Kier alpha value is 1.14. The Bertz CT molecular complexity index is 197. The molecule has 2 unspecified atom stereocenters. The number of hydrogen-bond donors (Lipinski definition) is 2. The summed E-state index contributed by atoms with van der Waals surface area (Å²) in [5, 5.41) is 0. The van der Waals surface area contributed by atoms with Crippen LogP contribution in [0.2, 0.25) is 0 Å². The van der Waals surface area contributed by atoms with Gasteiger partial charge in [-0.3, -0.25) is 4.31 Å². The van der Waals surface area contributed by atoms with Gasteiger partial charge in [0.25, 0.3) is 0 Å². The van der Waals surface area contributed by atoms with E-state index >= 15 is 0 Å². The Morgan fingerprint density at radius 2 is 1.70 bits per heavy atom. The summed E-state index contributed by atoms with van der Waals surface area (Å²) in [4.78, 5) is 17.9. The molecule has 8 heteroatoms. The molecule has 2 N–H and O–H groups in total. The summed E-state index contributed by atoms with van der Waals surface area (Å²) in [6.45, 7) is -4.88. The number of hydrogen-bond acceptors (Lipinski definition) is 4. The quantitative estimate of drug-likeness (QED) is 0.689. The molecule has 62 valence electrons. The Balaban J connectivity index is 4.17. The minimum Gasteiger partial charge on any atom is -0.345 e. The smallest absolute Gasteiger partial charge is 0.329 e. The first-order chi connectivity index (χ1) is 4.27. The van der Waals surface area contributed by atoms with Gasteiger partial charge in [0.2, 0.25) is 0 Å². The highest BCUT2D eigenvalue weighted by Crippen LogP contribution is 2.57. The molecular formula is C2H8O4P2S2. The third-order valence-corrected chi connectivity index (χ3v) is 4.63. The summed E-state index contributed by atoms with van der Waals surface area (Å²) in [5.41, 5.74) is 0. The first-order valence-electron chi connectivity index (χ1n) is 2.17. The van der Waals surface area contributed by atoms with Crippen molar-refractivity contribution in [3.8, 4) is 0 Å². The van der Waals surface area contributed by atoms with E-state index < -0.39 is 13.2 Å². The third-order valence-electron chi connectivity index (χ3n) is 0.485. The van der Waals surface area contributed by atoms with Gasteiger partial charge < -0.3 is 14.3 Å². The molecule has 0 rings (SSSR count). The molecule has 0 radical (unpaired) electrons. The lowest BCUT2D eigenvalue weighted by Gasteiger charge is -2.16. The molecule has 0 aromatic rings. The fraction of sp³-hybridized carbons (Fsp3) is 1.00.